The number of hydrogen-bond donors (Lipinski definition) is 3. The molecule has 0 heterocycles. The highest BCUT2D eigenvalue weighted by Crippen LogP contribution is 2.11. The molecule has 0 radical (unpaired) electrons. The van der Waals surface area contributed by atoms with Crippen LogP contribution < -0.4 is 16.0 Å². The molecule has 3 N–H and O–H groups in total. The highest BCUT2D eigenvalue weighted by Gasteiger charge is 2.09. The molecule has 25 heavy (non-hydrogen) atoms. The van der Waals surface area contributed by atoms with Crippen LogP contribution >= 0.6 is 45.2 Å². The lowest BCUT2D eigenvalue weighted by Gasteiger charge is -2.09. The van der Waals surface area contributed by atoms with Gasteiger partial charge in [0.05, 0.1) is 11.1 Å². The highest BCUT2D eigenvalue weighted by molar-refractivity contribution is 14.1. The minimum absolute atomic E-state index is 0.0706. The van der Waals surface area contributed by atoms with Crippen LogP contribution in [0, 0.1) is 7.14 Å². The Morgan fingerprint density at radius 3 is 1.48 bits per heavy atom. The van der Waals surface area contributed by atoms with Gasteiger partial charge in [-0.25, -0.2) is 0 Å². The lowest BCUT2D eigenvalue weighted by Crippen LogP contribution is -2.36. The van der Waals surface area contributed by atoms with E-state index in [0.29, 0.717) is 37.3 Å². The number of amides is 2. The van der Waals surface area contributed by atoms with E-state index in [4.69, 9.17) is 0 Å². The summed E-state index contributed by atoms with van der Waals surface area (Å²) in [6.45, 7) is 2.37. The molecule has 0 aliphatic rings. The Hall–Kier alpha value is -1.20. The fourth-order valence-corrected chi connectivity index (χ4v) is 3.40. The van der Waals surface area contributed by atoms with Crippen LogP contribution in [0.25, 0.3) is 0 Å². The van der Waals surface area contributed by atoms with Gasteiger partial charge in [0, 0.05) is 33.3 Å². The lowest BCUT2D eigenvalue weighted by molar-refractivity contribution is 0.0947. The van der Waals surface area contributed by atoms with Gasteiger partial charge < -0.3 is 16.0 Å². The van der Waals surface area contributed by atoms with Gasteiger partial charge in [0.15, 0.2) is 0 Å². The zero-order valence-electron chi connectivity index (χ0n) is 13.5. The van der Waals surface area contributed by atoms with E-state index in [1.54, 1.807) is 0 Å². The van der Waals surface area contributed by atoms with E-state index in [-0.39, 0.29) is 11.8 Å². The van der Waals surface area contributed by atoms with Crippen molar-refractivity contribution < 1.29 is 9.59 Å². The normalized spacial score (nSPS) is 10.3. The van der Waals surface area contributed by atoms with Crippen LogP contribution in [0.1, 0.15) is 20.7 Å². The molecule has 0 saturated carbocycles. The first-order valence-corrected chi connectivity index (χ1v) is 10.0. The maximum Gasteiger partial charge on any atom is 0.252 e. The van der Waals surface area contributed by atoms with E-state index in [1.165, 1.54) is 0 Å². The largest absolute Gasteiger partial charge is 0.351 e. The molecule has 132 valence electrons. The Kier molecular flexibility index (Phi) is 8.62. The van der Waals surface area contributed by atoms with Crippen molar-refractivity contribution in [2.45, 2.75) is 0 Å². The summed E-state index contributed by atoms with van der Waals surface area (Å²) in [7, 11) is 0. The molecule has 0 fully saturated rings. The molecule has 2 rings (SSSR count). The summed E-state index contributed by atoms with van der Waals surface area (Å²) in [5.41, 5.74) is 1.38. The number of carbonyl (C=O) groups is 2. The quantitative estimate of drug-likeness (QED) is 0.342. The number of rotatable bonds is 8. The fourth-order valence-electron chi connectivity index (χ4n) is 2.13. The third-order valence-electron chi connectivity index (χ3n) is 3.41. The Morgan fingerprint density at radius 1 is 0.680 bits per heavy atom. The maximum absolute atomic E-state index is 12.0. The van der Waals surface area contributed by atoms with Gasteiger partial charge in [0.2, 0.25) is 0 Å². The van der Waals surface area contributed by atoms with Gasteiger partial charge in [0.1, 0.15) is 0 Å². The number of benzene rings is 2. The molecule has 7 heteroatoms. The number of nitrogens with one attached hydrogen (secondary N) is 3. The average Bonchev–Trinajstić information content (AvgIpc) is 2.61. The van der Waals surface area contributed by atoms with Gasteiger partial charge in [-0.05, 0) is 69.4 Å². The minimum atomic E-state index is -0.0706. The van der Waals surface area contributed by atoms with Crippen molar-refractivity contribution in [2.75, 3.05) is 26.2 Å². The van der Waals surface area contributed by atoms with E-state index in [1.807, 2.05) is 48.5 Å². The second-order valence-corrected chi connectivity index (χ2v) is 7.55. The standard InChI is InChI=1S/C18H19I2N3O2/c19-15-7-3-1-5-13(15)17(24)22-11-9-21-10-12-23-18(25)14-6-2-4-8-16(14)20/h1-8,21H,9-12H2,(H,22,24)(H,23,25). The molecule has 0 aliphatic heterocycles. The molecular weight excluding hydrogens is 544 g/mol. The fraction of sp³-hybridized carbons (Fsp3) is 0.222. The molecule has 0 bridgehead atoms. The molecule has 2 amide bonds. The molecule has 0 unspecified atom stereocenters. The summed E-state index contributed by atoms with van der Waals surface area (Å²) in [6, 6.07) is 15.0. The summed E-state index contributed by atoms with van der Waals surface area (Å²) in [5.74, 6) is -0.141. The van der Waals surface area contributed by atoms with Crippen molar-refractivity contribution in [1.82, 2.24) is 16.0 Å². The first-order chi connectivity index (χ1) is 12.1. The first-order valence-electron chi connectivity index (χ1n) is 7.86. The Balaban J connectivity index is 1.60. The monoisotopic (exact) mass is 563 g/mol. The molecule has 0 saturated heterocycles. The predicted molar refractivity (Wildman–Crippen MR) is 116 cm³/mol. The van der Waals surface area contributed by atoms with Crippen LogP contribution in [0.3, 0.4) is 0 Å². The van der Waals surface area contributed by atoms with Gasteiger partial charge in [-0.15, -0.1) is 0 Å². The van der Waals surface area contributed by atoms with Gasteiger partial charge in [-0.2, -0.15) is 0 Å². The zero-order chi connectivity index (χ0) is 18.1. The molecule has 0 aliphatic carbocycles. The summed E-state index contributed by atoms with van der Waals surface area (Å²) in [5, 5.41) is 8.95. The van der Waals surface area contributed by atoms with Crippen molar-refractivity contribution in [1.29, 1.82) is 0 Å². The van der Waals surface area contributed by atoms with Crippen molar-refractivity contribution in [3.8, 4) is 0 Å². The van der Waals surface area contributed by atoms with Crippen molar-refractivity contribution in [3.05, 3.63) is 66.8 Å². The molecule has 0 spiro atoms. The average molecular weight is 563 g/mol. The second kappa shape index (κ2) is 10.7. The predicted octanol–water partition coefficient (Wildman–Crippen LogP) is 2.65. The van der Waals surface area contributed by atoms with E-state index in [0.717, 1.165) is 7.14 Å². The molecule has 5 nitrogen and oxygen atoms in total. The van der Waals surface area contributed by atoms with Crippen molar-refractivity contribution in [2.24, 2.45) is 0 Å². The van der Waals surface area contributed by atoms with Gasteiger partial charge >= 0.3 is 0 Å². The molecule has 2 aromatic carbocycles. The topological polar surface area (TPSA) is 70.2 Å². The Labute approximate surface area is 174 Å². The maximum atomic E-state index is 12.0. The molecule has 0 aromatic heterocycles. The lowest BCUT2D eigenvalue weighted by atomic mass is 10.2. The van der Waals surface area contributed by atoms with E-state index in [9.17, 15) is 9.59 Å². The molecule has 0 atom stereocenters. The zero-order valence-corrected chi connectivity index (χ0v) is 17.8. The minimum Gasteiger partial charge on any atom is -0.351 e. The number of halogens is 2. The van der Waals surface area contributed by atoms with Gasteiger partial charge in [-0.1, -0.05) is 24.3 Å². The smallest absolute Gasteiger partial charge is 0.252 e. The molecular formula is C18H19I2N3O2. The summed E-state index contributed by atoms with van der Waals surface area (Å²) < 4.78 is 1.87. The highest BCUT2D eigenvalue weighted by atomic mass is 127. The van der Waals surface area contributed by atoms with Crippen LogP contribution in [-0.4, -0.2) is 38.0 Å². The van der Waals surface area contributed by atoms with Gasteiger partial charge in [0.25, 0.3) is 11.8 Å². The Morgan fingerprint density at radius 2 is 1.08 bits per heavy atom. The Bertz CT molecular complexity index is 676. The van der Waals surface area contributed by atoms with Crippen molar-refractivity contribution in [3.63, 3.8) is 0 Å². The van der Waals surface area contributed by atoms with Crippen LogP contribution in [0.4, 0.5) is 0 Å². The van der Waals surface area contributed by atoms with Crippen LogP contribution in [0.2, 0.25) is 0 Å². The van der Waals surface area contributed by atoms with E-state index < -0.39 is 0 Å². The first kappa shape index (κ1) is 20.1. The summed E-state index contributed by atoms with van der Waals surface area (Å²) >= 11 is 4.30. The van der Waals surface area contributed by atoms with Crippen molar-refractivity contribution >= 4 is 57.0 Å². The van der Waals surface area contributed by atoms with Crippen LogP contribution in [0.15, 0.2) is 48.5 Å². The van der Waals surface area contributed by atoms with E-state index >= 15 is 0 Å². The summed E-state index contributed by atoms with van der Waals surface area (Å²) in [6.07, 6.45) is 0. The second-order valence-electron chi connectivity index (χ2n) is 5.22. The van der Waals surface area contributed by atoms with Gasteiger partial charge in [-0.3, -0.25) is 9.59 Å². The molecule has 2 aromatic rings. The number of carbonyl (C=O) groups excluding carboxylic acids is 2. The van der Waals surface area contributed by atoms with Crippen LogP contribution in [0.5, 0.6) is 0 Å². The number of hydrogen-bond acceptors (Lipinski definition) is 3. The van der Waals surface area contributed by atoms with Crippen LogP contribution in [-0.2, 0) is 0 Å². The third kappa shape index (κ3) is 6.55. The third-order valence-corrected chi connectivity index (χ3v) is 5.29. The summed E-state index contributed by atoms with van der Waals surface area (Å²) in [4.78, 5) is 24.1. The van der Waals surface area contributed by atoms with E-state index in [2.05, 4.69) is 61.1 Å². The SMILES string of the molecule is O=C(NCCNCCNC(=O)c1ccccc1I)c1ccccc1I.